The molecule has 1 N–H and O–H groups in total. The topological polar surface area (TPSA) is 57.2 Å². The summed E-state index contributed by atoms with van der Waals surface area (Å²) in [6.07, 6.45) is 28.3. The van der Waals surface area contributed by atoms with Crippen molar-refractivity contribution in [2.45, 2.75) is 197 Å². The summed E-state index contributed by atoms with van der Waals surface area (Å²) in [6.45, 7) is 2.40. The molecular weight excluding hydrogens is 492 g/mol. The molecule has 0 aromatic heterocycles. The van der Waals surface area contributed by atoms with Crippen molar-refractivity contribution in [3.05, 3.63) is 0 Å². The summed E-state index contributed by atoms with van der Waals surface area (Å²) in [5.41, 5.74) is 0.248. The zero-order valence-corrected chi connectivity index (χ0v) is 25.5. The van der Waals surface area contributed by atoms with Gasteiger partial charge >= 0.3 is 8.80 Å². The number of rotatable bonds is 10. The van der Waals surface area contributed by atoms with E-state index in [4.69, 9.17) is 18.0 Å². The second-order valence-corrected chi connectivity index (χ2v) is 16.4. The highest BCUT2D eigenvalue weighted by Gasteiger charge is 2.55. The number of aliphatic hydroxyl groups is 1. The average molecular weight is 551 g/mol. The summed E-state index contributed by atoms with van der Waals surface area (Å²) in [4.78, 5) is 0. The largest absolute Gasteiger partial charge is 0.504 e. The Balaban J connectivity index is 1.36. The van der Waals surface area contributed by atoms with E-state index in [1.165, 1.54) is 77.0 Å². The van der Waals surface area contributed by atoms with Crippen molar-refractivity contribution in [3.8, 4) is 0 Å². The minimum atomic E-state index is -2.99. The van der Waals surface area contributed by atoms with Gasteiger partial charge in [0.05, 0.1) is 18.3 Å². The Kier molecular flexibility index (Phi) is 11.5. The van der Waals surface area contributed by atoms with E-state index in [2.05, 4.69) is 6.92 Å². The summed E-state index contributed by atoms with van der Waals surface area (Å²) in [6, 6.07) is 0. The summed E-state index contributed by atoms with van der Waals surface area (Å²) in [5.74, 6) is 0.425. The van der Waals surface area contributed by atoms with Crippen LogP contribution in [-0.4, -0.2) is 50.5 Å². The van der Waals surface area contributed by atoms with Crippen LogP contribution in [0.15, 0.2) is 0 Å². The maximum Gasteiger partial charge on any atom is 0.504 e. The predicted molar refractivity (Wildman–Crippen MR) is 154 cm³/mol. The van der Waals surface area contributed by atoms with Crippen molar-refractivity contribution >= 4 is 8.80 Å². The molecule has 5 rings (SSSR count). The summed E-state index contributed by atoms with van der Waals surface area (Å²) < 4.78 is 28.5. The standard InChI is InChI=1S/C32H58O5Si/c1-25(26-22-23-31(33)32(24-26)34-27-14-6-2-7-15-27)38(35-28-16-8-3-9-17-28,36-29-18-10-4-11-19-29)37-30-20-12-5-13-21-30/h25-33H,2-24H2,1H3. The molecule has 5 aliphatic rings. The molecular formula is C32H58O5Si. The maximum absolute atomic E-state index is 11.0. The van der Waals surface area contributed by atoms with Crippen molar-refractivity contribution in [1.82, 2.24) is 0 Å². The Hall–Kier alpha value is 0.0169. The minimum absolute atomic E-state index is 0.0509. The molecule has 38 heavy (non-hydrogen) atoms. The predicted octanol–water partition coefficient (Wildman–Crippen LogP) is 8.24. The molecule has 4 atom stereocenters. The molecule has 0 amide bonds. The van der Waals surface area contributed by atoms with Crippen LogP contribution in [0.5, 0.6) is 0 Å². The van der Waals surface area contributed by atoms with Crippen molar-refractivity contribution in [2.75, 3.05) is 0 Å². The van der Waals surface area contributed by atoms with Crippen LogP contribution >= 0.6 is 0 Å². The van der Waals surface area contributed by atoms with E-state index in [9.17, 15) is 5.11 Å². The van der Waals surface area contributed by atoms with Crippen molar-refractivity contribution in [2.24, 2.45) is 5.92 Å². The first kappa shape index (κ1) is 29.5. The molecule has 0 heterocycles. The number of aliphatic hydroxyl groups excluding tert-OH is 1. The molecule has 220 valence electrons. The van der Waals surface area contributed by atoms with Crippen LogP contribution < -0.4 is 0 Å². The Morgan fingerprint density at radius 3 is 1.34 bits per heavy atom. The van der Waals surface area contributed by atoms with E-state index in [0.29, 0.717) is 12.0 Å². The fraction of sp³-hybridized carbons (Fsp3) is 1.00. The number of hydrogen-bond acceptors (Lipinski definition) is 5. The lowest BCUT2D eigenvalue weighted by atomic mass is 9.83. The van der Waals surface area contributed by atoms with E-state index >= 15 is 0 Å². The van der Waals surface area contributed by atoms with Gasteiger partial charge in [0.2, 0.25) is 0 Å². The fourth-order valence-electron chi connectivity index (χ4n) is 8.13. The third-order valence-corrected chi connectivity index (χ3v) is 14.2. The molecule has 0 aromatic rings. The first-order chi connectivity index (χ1) is 18.6. The zero-order chi connectivity index (χ0) is 26.2. The van der Waals surface area contributed by atoms with Gasteiger partial charge in [0.15, 0.2) is 0 Å². The third-order valence-electron chi connectivity index (χ3n) is 10.6. The van der Waals surface area contributed by atoms with E-state index in [1.807, 2.05) is 0 Å². The van der Waals surface area contributed by atoms with E-state index in [1.54, 1.807) is 0 Å². The monoisotopic (exact) mass is 550 g/mol. The molecule has 6 heteroatoms. The Labute approximate surface area is 234 Å². The first-order valence-electron chi connectivity index (χ1n) is 17.0. The highest BCUT2D eigenvalue weighted by Crippen LogP contribution is 2.46. The minimum Gasteiger partial charge on any atom is -0.390 e. The average Bonchev–Trinajstić information content (AvgIpc) is 2.96. The van der Waals surface area contributed by atoms with Gasteiger partial charge in [0, 0.05) is 23.9 Å². The molecule has 5 saturated carbocycles. The molecule has 0 saturated heterocycles. The van der Waals surface area contributed by atoms with Crippen molar-refractivity contribution in [1.29, 1.82) is 0 Å². The van der Waals surface area contributed by atoms with Crippen LogP contribution in [0.4, 0.5) is 0 Å². The molecule has 5 nitrogen and oxygen atoms in total. The molecule has 4 unspecified atom stereocenters. The molecule has 0 radical (unpaired) electrons. The zero-order valence-electron chi connectivity index (χ0n) is 24.5. The van der Waals surface area contributed by atoms with Crippen LogP contribution in [0.3, 0.4) is 0 Å². The van der Waals surface area contributed by atoms with Crippen LogP contribution in [-0.2, 0) is 18.0 Å². The van der Waals surface area contributed by atoms with Gasteiger partial charge in [0.1, 0.15) is 0 Å². The quantitative estimate of drug-likeness (QED) is 0.278. The molecule has 0 spiro atoms. The molecule has 5 fully saturated rings. The van der Waals surface area contributed by atoms with Gasteiger partial charge in [-0.15, -0.1) is 0 Å². The molecule has 0 bridgehead atoms. The van der Waals surface area contributed by atoms with Crippen LogP contribution in [0.25, 0.3) is 0 Å². The van der Waals surface area contributed by atoms with Gasteiger partial charge in [0.25, 0.3) is 0 Å². The van der Waals surface area contributed by atoms with Crippen LogP contribution in [0, 0.1) is 5.92 Å². The van der Waals surface area contributed by atoms with Gasteiger partial charge in [-0.25, -0.2) is 0 Å². The van der Waals surface area contributed by atoms with Gasteiger partial charge in [-0.3, -0.25) is 0 Å². The lowest BCUT2D eigenvalue weighted by Crippen LogP contribution is -2.58. The number of ether oxygens (including phenoxy) is 1. The second kappa shape index (κ2) is 14.8. The highest BCUT2D eigenvalue weighted by atomic mass is 28.4. The summed E-state index contributed by atoms with van der Waals surface area (Å²) in [5, 5.41) is 11.0. The highest BCUT2D eigenvalue weighted by molar-refractivity contribution is 6.62. The smallest absolute Gasteiger partial charge is 0.390 e. The first-order valence-corrected chi connectivity index (χ1v) is 18.8. The Morgan fingerprint density at radius 1 is 0.526 bits per heavy atom. The Morgan fingerprint density at radius 2 is 0.921 bits per heavy atom. The van der Waals surface area contributed by atoms with Crippen molar-refractivity contribution in [3.63, 3.8) is 0 Å². The summed E-state index contributed by atoms with van der Waals surface area (Å²) >= 11 is 0. The van der Waals surface area contributed by atoms with Crippen LogP contribution in [0.2, 0.25) is 5.54 Å². The Bertz CT molecular complexity index is 616. The van der Waals surface area contributed by atoms with E-state index < -0.39 is 8.80 Å². The normalized spacial score (nSPS) is 32.8. The number of hydrogen-bond donors (Lipinski definition) is 1. The van der Waals surface area contributed by atoms with Gasteiger partial charge in [-0.05, 0) is 76.5 Å². The van der Waals surface area contributed by atoms with Crippen LogP contribution in [0.1, 0.15) is 155 Å². The maximum atomic E-state index is 11.0. The van der Waals surface area contributed by atoms with Gasteiger partial charge < -0.3 is 23.1 Å². The summed E-state index contributed by atoms with van der Waals surface area (Å²) in [7, 11) is -2.99. The fourth-order valence-corrected chi connectivity index (χ4v) is 11.9. The molecule has 0 aliphatic heterocycles. The van der Waals surface area contributed by atoms with Crippen molar-refractivity contribution < 1.29 is 23.1 Å². The van der Waals surface area contributed by atoms with Gasteiger partial charge in [-0.1, -0.05) is 84.0 Å². The van der Waals surface area contributed by atoms with E-state index in [-0.39, 0.29) is 36.1 Å². The SMILES string of the molecule is CC(C1CCC(O)C(OC2CCCCC2)C1)[Si](OC1CCCCC1)(OC1CCCCC1)OC1CCCCC1. The lowest BCUT2D eigenvalue weighted by Gasteiger charge is -2.47. The third kappa shape index (κ3) is 8.06. The van der Waals surface area contributed by atoms with E-state index in [0.717, 1.165) is 70.6 Å². The second-order valence-electron chi connectivity index (χ2n) is 13.6. The lowest BCUT2D eigenvalue weighted by molar-refractivity contribution is -0.116. The van der Waals surface area contributed by atoms with Gasteiger partial charge in [-0.2, -0.15) is 0 Å². The molecule has 5 aliphatic carbocycles. The molecule has 0 aromatic carbocycles.